The Balaban J connectivity index is 1.73. The number of amides is 1. The predicted molar refractivity (Wildman–Crippen MR) is 79.9 cm³/mol. The highest BCUT2D eigenvalue weighted by Crippen LogP contribution is 2.30. The predicted octanol–water partition coefficient (Wildman–Crippen LogP) is 1.04. The molecule has 0 radical (unpaired) electrons. The van der Waals surface area contributed by atoms with E-state index in [0.717, 1.165) is 44.0 Å². The zero-order valence-electron chi connectivity index (χ0n) is 11.8. The Morgan fingerprint density at radius 2 is 1.80 bits per heavy atom. The monoisotopic (exact) mass is 300 g/mol. The highest BCUT2D eigenvalue weighted by atomic mass is 32.2. The number of nitrogens with one attached hydrogen (secondary N) is 1. The van der Waals surface area contributed by atoms with Crippen LogP contribution in [-0.4, -0.2) is 59.6 Å². The molecule has 0 aromatic rings. The number of carboxylic acids is 1. The van der Waals surface area contributed by atoms with E-state index in [1.165, 1.54) is 0 Å². The lowest BCUT2D eigenvalue weighted by Crippen LogP contribution is -2.43. The van der Waals surface area contributed by atoms with E-state index in [9.17, 15) is 14.7 Å². The molecule has 20 heavy (non-hydrogen) atoms. The van der Waals surface area contributed by atoms with Crippen LogP contribution in [0.1, 0.15) is 25.7 Å². The van der Waals surface area contributed by atoms with Crippen molar-refractivity contribution >= 4 is 23.6 Å². The second kappa shape index (κ2) is 7.88. The number of hydrogen-bond donors (Lipinski definition) is 2. The Morgan fingerprint density at radius 3 is 2.45 bits per heavy atom. The van der Waals surface area contributed by atoms with E-state index in [4.69, 9.17) is 0 Å². The average Bonchev–Trinajstić information content (AvgIpc) is 2.48. The molecule has 1 heterocycles. The lowest BCUT2D eigenvalue weighted by Gasteiger charge is -2.29. The number of nitrogens with zero attached hydrogens (tertiary/aromatic N) is 1. The molecular weight excluding hydrogens is 276 g/mol. The third kappa shape index (κ3) is 4.38. The Hall–Kier alpha value is -0.750. The summed E-state index contributed by atoms with van der Waals surface area (Å²) in [7, 11) is 0. The Labute approximate surface area is 124 Å². The van der Waals surface area contributed by atoms with Crippen LogP contribution in [0.3, 0.4) is 0 Å². The Kier molecular flexibility index (Phi) is 6.16. The summed E-state index contributed by atoms with van der Waals surface area (Å²) in [6.45, 7) is 3.67. The van der Waals surface area contributed by atoms with Crippen LogP contribution in [-0.2, 0) is 9.59 Å². The van der Waals surface area contributed by atoms with Gasteiger partial charge in [-0.1, -0.05) is 12.8 Å². The number of aliphatic carboxylic acids is 1. The first-order chi connectivity index (χ1) is 9.68. The maximum atomic E-state index is 12.2. The summed E-state index contributed by atoms with van der Waals surface area (Å²) in [5.74, 6) is 0.615. The number of carbonyl (C=O) groups is 2. The molecule has 114 valence electrons. The second-order valence-corrected chi connectivity index (χ2v) is 6.81. The van der Waals surface area contributed by atoms with Gasteiger partial charge < -0.3 is 10.4 Å². The van der Waals surface area contributed by atoms with Gasteiger partial charge in [0.05, 0.1) is 11.8 Å². The van der Waals surface area contributed by atoms with Crippen LogP contribution in [0.15, 0.2) is 0 Å². The summed E-state index contributed by atoms with van der Waals surface area (Å²) in [4.78, 5) is 25.7. The molecule has 1 saturated heterocycles. The standard InChI is InChI=1S/C14H24N2O3S/c17-13(11-3-1-2-4-12(11)14(18)19)15-5-6-16-7-9-20-10-8-16/h11-12H,1-10H2,(H,15,17)(H,18,19)/t11-,12+/m1/s1. The first-order valence-electron chi connectivity index (χ1n) is 7.49. The fourth-order valence-electron chi connectivity index (χ4n) is 3.03. The van der Waals surface area contributed by atoms with Gasteiger partial charge in [-0.15, -0.1) is 0 Å². The minimum Gasteiger partial charge on any atom is -0.481 e. The van der Waals surface area contributed by atoms with Crippen molar-refractivity contribution in [2.75, 3.05) is 37.7 Å². The molecule has 0 spiro atoms. The van der Waals surface area contributed by atoms with Crippen LogP contribution in [0.5, 0.6) is 0 Å². The minimum atomic E-state index is -0.821. The third-order valence-electron chi connectivity index (χ3n) is 4.25. The molecule has 1 aliphatic heterocycles. The quantitative estimate of drug-likeness (QED) is 0.794. The van der Waals surface area contributed by atoms with Crippen LogP contribution in [0, 0.1) is 11.8 Å². The van der Waals surface area contributed by atoms with Gasteiger partial charge >= 0.3 is 5.97 Å². The number of carbonyl (C=O) groups excluding carboxylic acids is 1. The SMILES string of the molecule is O=C(O)[C@H]1CCCC[C@H]1C(=O)NCCN1CCSCC1. The summed E-state index contributed by atoms with van der Waals surface area (Å²) in [6, 6.07) is 0. The average molecular weight is 300 g/mol. The van der Waals surface area contributed by atoms with E-state index in [2.05, 4.69) is 10.2 Å². The highest BCUT2D eigenvalue weighted by Gasteiger charge is 2.35. The molecular formula is C14H24N2O3S. The van der Waals surface area contributed by atoms with Crippen molar-refractivity contribution in [3.05, 3.63) is 0 Å². The van der Waals surface area contributed by atoms with Crippen molar-refractivity contribution in [3.8, 4) is 0 Å². The molecule has 2 aliphatic rings. The maximum absolute atomic E-state index is 12.2. The fourth-order valence-corrected chi connectivity index (χ4v) is 4.01. The normalized spacial score (nSPS) is 28.0. The van der Waals surface area contributed by atoms with Gasteiger partial charge in [-0.2, -0.15) is 11.8 Å². The summed E-state index contributed by atoms with van der Waals surface area (Å²) < 4.78 is 0. The molecule has 1 amide bonds. The zero-order valence-corrected chi connectivity index (χ0v) is 12.7. The van der Waals surface area contributed by atoms with Crippen molar-refractivity contribution in [3.63, 3.8) is 0 Å². The van der Waals surface area contributed by atoms with Gasteiger partial charge in [-0.25, -0.2) is 0 Å². The van der Waals surface area contributed by atoms with E-state index < -0.39 is 11.9 Å². The Morgan fingerprint density at radius 1 is 1.15 bits per heavy atom. The zero-order chi connectivity index (χ0) is 14.4. The summed E-state index contributed by atoms with van der Waals surface area (Å²) in [5.41, 5.74) is 0. The molecule has 0 aromatic heterocycles. The third-order valence-corrected chi connectivity index (χ3v) is 5.19. The summed E-state index contributed by atoms with van der Waals surface area (Å²) in [5, 5.41) is 12.1. The number of carboxylic acid groups (broad SMARTS) is 1. The van der Waals surface area contributed by atoms with Crippen molar-refractivity contribution in [2.45, 2.75) is 25.7 Å². The summed E-state index contributed by atoms with van der Waals surface area (Å²) in [6.07, 6.45) is 3.23. The summed E-state index contributed by atoms with van der Waals surface area (Å²) >= 11 is 1.97. The molecule has 2 fully saturated rings. The van der Waals surface area contributed by atoms with E-state index >= 15 is 0 Å². The van der Waals surface area contributed by atoms with Gasteiger partial charge in [0.25, 0.3) is 0 Å². The molecule has 5 nitrogen and oxygen atoms in total. The van der Waals surface area contributed by atoms with Crippen molar-refractivity contribution in [1.82, 2.24) is 10.2 Å². The maximum Gasteiger partial charge on any atom is 0.307 e. The van der Waals surface area contributed by atoms with Gasteiger partial charge in [-0.05, 0) is 12.8 Å². The van der Waals surface area contributed by atoms with E-state index in [1.54, 1.807) is 0 Å². The van der Waals surface area contributed by atoms with Gasteiger partial charge in [-0.3, -0.25) is 14.5 Å². The van der Waals surface area contributed by atoms with Crippen molar-refractivity contribution in [1.29, 1.82) is 0 Å². The van der Waals surface area contributed by atoms with Crippen molar-refractivity contribution < 1.29 is 14.7 Å². The first kappa shape index (κ1) is 15.6. The van der Waals surface area contributed by atoms with Crippen LogP contribution in [0.4, 0.5) is 0 Å². The second-order valence-electron chi connectivity index (χ2n) is 5.58. The largest absolute Gasteiger partial charge is 0.481 e. The molecule has 2 rings (SSSR count). The van der Waals surface area contributed by atoms with Gasteiger partial charge in [0, 0.05) is 37.7 Å². The van der Waals surface area contributed by atoms with Crippen molar-refractivity contribution in [2.24, 2.45) is 11.8 Å². The molecule has 2 N–H and O–H groups in total. The first-order valence-corrected chi connectivity index (χ1v) is 8.64. The number of hydrogen-bond acceptors (Lipinski definition) is 4. The molecule has 0 bridgehead atoms. The van der Waals surface area contributed by atoms with Crippen LogP contribution in [0.25, 0.3) is 0 Å². The molecule has 2 atom stereocenters. The van der Waals surface area contributed by atoms with Gasteiger partial charge in [0.1, 0.15) is 0 Å². The van der Waals surface area contributed by atoms with E-state index in [0.29, 0.717) is 19.4 Å². The minimum absolute atomic E-state index is 0.0662. The topological polar surface area (TPSA) is 69.6 Å². The van der Waals surface area contributed by atoms with Crippen LogP contribution >= 0.6 is 11.8 Å². The number of thioether (sulfide) groups is 1. The van der Waals surface area contributed by atoms with E-state index in [-0.39, 0.29) is 11.8 Å². The molecule has 6 heteroatoms. The molecule has 0 aromatic carbocycles. The van der Waals surface area contributed by atoms with Crippen LogP contribution in [0.2, 0.25) is 0 Å². The number of rotatable bonds is 5. The fraction of sp³-hybridized carbons (Fsp3) is 0.857. The lowest BCUT2D eigenvalue weighted by molar-refractivity contribution is -0.148. The van der Waals surface area contributed by atoms with E-state index in [1.807, 2.05) is 11.8 Å². The Bertz CT molecular complexity index is 345. The van der Waals surface area contributed by atoms with Crippen LogP contribution < -0.4 is 5.32 Å². The lowest BCUT2D eigenvalue weighted by atomic mass is 9.79. The molecule has 1 saturated carbocycles. The van der Waals surface area contributed by atoms with Gasteiger partial charge in [0.15, 0.2) is 0 Å². The highest BCUT2D eigenvalue weighted by molar-refractivity contribution is 7.99. The smallest absolute Gasteiger partial charge is 0.307 e. The molecule has 1 aliphatic carbocycles. The van der Waals surface area contributed by atoms with Gasteiger partial charge in [0.2, 0.25) is 5.91 Å². The molecule has 0 unspecified atom stereocenters.